The molecular weight excluding hydrogens is 404 g/mol. The van der Waals surface area contributed by atoms with Crippen molar-refractivity contribution in [1.29, 1.82) is 0 Å². The fourth-order valence-corrected chi connectivity index (χ4v) is 3.48. The second-order valence-electron chi connectivity index (χ2n) is 6.96. The number of thiocarbonyl (C=S) groups is 1. The highest BCUT2D eigenvalue weighted by Gasteiger charge is 2.10. The van der Waals surface area contributed by atoms with Crippen molar-refractivity contribution in [2.24, 2.45) is 0 Å². The van der Waals surface area contributed by atoms with Crippen LogP contribution in [0.2, 0.25) is 5.02 Å². The molecule has 1 aromatic carbocycles. The number of likely N-dealkylation sites (tertiary alicyclic amines) is 1. The van der Waals surface area contributed by atoms with Crippen molar-refractivity contribution in [2.75, 3.05) is 31.6 Å². The maximum absolute atomic E-state index is 5.87. The zero-order valence-corrected chi connectivity index (χ0v) is 18.0. The molecule has 1 aliphatic rings. The Morgan fingerprint density at radius 2 is 1.93 bits per heavy atom. The number of anilines is 1. The van der Waals surface area contributed by atoms with Crippen molar-refractivity contribution in [1.82, 2.24) is 15.2 Å². The minimum atomic E-state index is 0.471. The van der Waals surface area contributed by atoms with Gasteiger partial charge in [-0.1, -0.05) is 24.1 Å². The third-order valence-corrected chi connectivity index (χ3v) is 5.13. The summed E-state index contributed by atoms with van der Waals surface area (Å²) in [5.41, 5.74) is 2.15. The van der Waals surface area contributed by atoms with Gasteiger partial charge < -0.3 is 15.4 Å². The van der Waals surface area contributed by atoms with E-state index in [0.29, 0.717) is 29.2 Å². The summed E-state index contributed by atoms with van der Waals surface area (Å²) in [4.78, 5) is 6.80. The van der Waals surface area contributed by atoms with Gasteiger partial charge in [0.2, 0.25) is 5.88 Å². The van der Waals surface area contributed by atoms with Crippen molar-refractivity contribution < 1.29 is 4.74 Å². The molecule has 1 aromatic heterocycles. The van der Waals surface area contributed by atoms with E-state index in [1.807, 2.05) is 48.7 Å². The highest BCUT2D eigenvalue weighted by Crippen LogP contribution is 2.16. The van der Waals surface area contributed by atoms with Crippen molar-refractivity contribution in [3.63, 3.8) is 0 Å². The predicted octanol–water partition coefficient (Wildman–Crippen LogP) is 4.64. The van der Waals surface area contributed by atoms with Gasteiger partial charge in [-0.25, -0.2) is 4.98 Å². The molecule has 2 heterocycles. The monoisotopic (exact) mass is 430 g/mol. The molecule has 1 aliphatic heterocycles. The number of nitrogens with zero attached hydrogens (tertiary/aromatic N) is 2. The normalized spacial score (nSPS) is 14.7. The first-order valence-electron chi connectivity index (χ1n) is 9.94. The first-order valence-corrected chi connectivity index (χ1v) is 10.7. The third kappa shape index (κ3) is 8.01. The van der Waals surface area contributed by atoms with Crippen LogP contribution in [0.1, 0.15) is 24.8 Å². The maximum Gasteiger partial charge on any atom is 0.213 e. The Bertz CT molecular complexity index is 807. The Kier molecular flexibility index (Phi) is 8.74. The van der Waals surface area contributed by atoms with Crippen LogP contribution in [-0.2, 0) is 6.54 Å². The lowest BCUT2D eigenvalue weighted by Gasteiger charge is -2.26. The number of halogens is 1. The second-order valence-corrected chi connectivity index (χ2v) is 7.81. The number of ether oxygens (including phenoxy) is 1. The van der Waals surface area contributed by atoms with Gasteiger partial charge in [0.05, 0.1) is 0 Å². The molecule has 0 saturated carbocycles. The van der Waals surface area contributed by atoms with Gasteiger partial charge in [0.25, 0.3) is 0 Å². The smallest absolute Gasteiger partial charge is 0.213 e. The number of piperidine rings is 1. The summed E-state index contributed by atoms with van der Waals surface area (Å²) in [7, 11) is 0. The van der Waals surface area contributed by atoms with Crippen molar-refractivity contribution in [3.8, 4) is 5.88 Å². The molecule has 2 N–H and O–H groups in total. The van der Waals surface area contributed by atoms with Crippen LogP contribution in [0.15, 0.2) is 54.7 Å². The molecule has 0 atom stereocenters. The first kappa shape index (κ1) is 21.6. The number of rotatable bonds is 8. The Morgan fingerprint density at radius 3 is 2.72 bits per heavy atom. The standard InChI is InChI=1S/C22H27ClN4OS/c23-19-6-8-20(9-7-19)26-22(29)25-11-2-5-15-28-21-16-18(10-12-24-21)17-27-13-3-1-4-14-27/h2,5-10,12,16H,1,3-4,11,13-15,17H2,(H2,25,26,29)/b5-2-. The van der Waals surface area contributed by atoms with E-state index in [-0.39, 0.29) is 0 Å². The molecule has 0 bridgehead atoms. The summed E-state index contributed by atoms with van der Waals surface area (Å²) < 4.78 is 5.74. The number of hydrogen-bond acceptors (Lipinski definition) is 4. The highest BCUT2D eigenvalue weighted by atomic mass is 35.5. The van der Waals surface area contributed by atoms with Crippen LogP contribution >= 0.6 is 23.8 Å². The molecule has 0 amide bonds. The molecule has 154 valence electrons. The summed E-state index contributed by atoms with van der Waals surface area (Å²) in [6.45, 7) is 4.42. The molecule has 3 rings (SSSR count). The van der Waals surface area contributed by atoms with Crippen LogP contribution in [-0.4, -0.2) is 41.2 Å². The lowest BCUT2D eigenvalue weighted by molar-refractivity contribution is 0.220. The van der Waals surface area contributed by atoms with Crippen LogP contribution in [0.3, 0.4) is 0 Å². The Labute approximate surface area is 183 Å². The lowest BCUT2D eigenvalue weighted by Crippen LogP contribution is -2.29. The SMILES string of the molecule is S=C(NC/C=C\COc1cc(CN2CCCCC2)ccn1)Nc1ccc(Cl)cc1. The number of pyridine rings is 1. The van der Waals surface area contributed by atoms with Gasteiger partial charge in [0.1, 0.15) is 6.61 Å². The number of aromatic nitrogens is 1. The number of hydrogen-bond donors (Lipinski definition) is 2. The predicted molar refractivity (Wildman–Crippen MR) is 124 cm³/mol. The minimum absolute atomic E-state index is 0.471. The molecule has 29 heavy (non-hydrogen) atoms. The van der Waals surface area contributed by atoms with E-state index in [2.05, 4.69) is 26.6 Å². The zero-order chi connectivity index (χ0) is 20.3. The van der Waals surface area contributed by atoms with Gasteiger partial charge in [0.15, 0.2) is 5.11 Å². The highest BCUT2D eigenvalue weighted by molar-refractivity contribution is 7.80. The van der Waals surface area contributed by atoms with Crippen molar-refractivity contribution in [3.05, 3.63) is 65.3 Å². The molecule has 0 unspecified atom stereocenters. The quantitative estimate of drug-likeness (QED) is 0.470. The van der Waals surface area contributed by atoms with E-state index in [1.165, 1.54) is 37.9 Å². The fourth-order valence-electron chi connectivity index (χ4n) is 3.15. The van der Waals surface area contributed by atoms with Gasteiger partial charge in [-0.2, -0.15) is 0 Å². The van der Waals surface area contributed by atoms with Gasteiger partial charge in [0, 0.05) is 36.1 Å². The average molecular weight is 431 g/mol. The summed E-state index contributed by atoms with van der Waals surface area (Å²) in [5, 5.41) is 7.49. The van der Waals surface area contributed by atoms with E-state index < -0.39 is 0 Å². The van der Waals surface area contributed by atoms with Crippen LogP contribution < -0.4 is 15.4 Å². The summed E-state index contributed by atoms with van der Waals surface area (Å²) in [5.74, 6) is 0.664. The zero-order valence-electron chi connectivity index (χ0n) is 16.4. The van der Waals surface area contributed by atoms with Crippen molar-refractivity contribution >= 4 is 34.6 Å². The molecule has 0 radical (unpaired) electrons. The van der Waals surface area contributed by atoms with Gasteiger partial charge in [-0.15, -0.1) is 0 Å². The summed E-state index contributed by atoms with van der Waals surface area (Å²) in [6.07, 6.45) is 9.70. The molecule has 1 fully saturated rings. The Morgan fingerprint density at radius 1 is 1.14 bits per heavy atom. The molecule has 7 heteroatoms. The van der Waals surface area contributed by atoms with E-state index >= 15 is 0 Å². The van der Waals surface area contributed by atoms with Crippen LogP contribution in [0.5, 0.6) is 5.88 Å². The second kappa shape index (κ2) is 11.8. The maximum atomic E-state index is 5.87. The minimum Gasteiger partial charge on any atom is -0.473 e. The molecule has 1 saturated heterocycles. The van der Waals surface area contributed by atoms with Crippen LogP contribution in [0, 0.1) is 0 Å². The molecule has 0 spiro atoms. The Hall–Kier alpha value is -2.15. The largest absolute Gasteiger partial charge is 0.473 e. The van der Waals surface area contributed by atoms with E-state index in [9.17, 15) is 0 Å². The van der Waals surface area contributed by atoms with Crippen molar-refractivity contribution in [2.45, 2.75) is 25.8 Å². The molecular formula is C22H27ClN4OS. The fraction of sp³-hybridized carbons (Fsp3) is 0.364. The molecule has 5 nitrogen and oxygen atoms in total. The van der Waals surface area contributed by atoms with Crippen LogP contribution in [0.4, 0.5) is 5.69 Å². The first-order chi connectivity index (χ1) is 14.2. The topological polar surface area (TPSA) is 49.4 Å². The molecule has 2 aromatic rings. The average Bonchev–Trinajstić information content (AvgIpc) is 2.73. The Balaban J connectivity index is 1.34. The summed E-state index contributed by atoms with van der Waals surface area (Å²) in [6, 6.07) is 11.5. The number of benzene rings is 1. The number of nitrogens with one attached hydrogen (secondary N) is 2. The van der Waals surface area contributed by atoms with E-state index in [0.717, 1.165) is 12.2 Å². The van der Waals surface area contributed by atoms with Gasteiger partial charge in [-0.3, -0.25) is 4.90 Å². The third-order valence-electron chi connectivity index (χ3n) is 4.63. The summed E-state index contributed by atoms with van der Waals surface area (Å²) >= 11 is 11.1. The molecule has 0 aliphatic carbocycles. The van der Waals surface area contributed by atoms with Gasteiger partial charge in [-0.05, 0) is 80.1 Å². The lowest BCUT2D eigenvalue weighted by atomic mass is 10.1. The van der Waals surface area contributed by atoms with Gasteiger partial charge >= 0.3 is 0 Å². The van der Waals surface area contributed by atoms with Crippen LogP contribution in [0.25, 0.3) is 0 Å². The van der Waals surface area contributed by atoms with E-state index in [4.69, 9.17) is 28.6 Å². The van der Waals surface area contributed by atoms with E-state index in [1.54, 1.807) is 0 Å².